The zero-order valence-corrected chi connectivity index (χ0v) is 13.8. The molecule has 2 aromatic carbocycles. The number of para-hydroxylation sites is 1. The Hall–Kier alpha value is -2.82. The molecule has 0 radical (unpaired) electrons. The predicted octanol–water partition coefficient (Wildman–Crippen LogP) is 3.47. The Morgan fingerprint density at radius 1 is 0.917 bits per heavy atom. The smallest absolute Gasteiger partial charge is 0.338 e. The van der Waals surface area contributed by atoms with Gasteiger partial charge in [-0.1, -0.05) is 30.3 Å². The monoisotopic (exact) mass is 328 g/mol. The van der Waals surface area contributed by atoms with Gasteiger partial charge in [0.05, 0.1) is 12.2 Å². The van der Waals surface area contributed by atoms with Crippen molar-refractivity contribution >= 4 is 11.9 Å². The van der Waals surface area contributed by atoms with Gasteiger partial charge in [-0.25, -0.2) is 4.79 Å². The minimum absolute atomic E-state index is 0.200. The lowest BCUT2D eigenvalue weighted by Gasteiger charge is -2.12. The second-order valence-corrected chi connectivity index (χ2v) is 4.98. The molecule has 0 bridgehead atoms. The first-order valence-corrected chi connectivity index (χ1v) is 7.74. The summed E-state index contributed by atoms with van der Waals surface area (Å²) >= 11 is 0. The number of hydrogen-bond donors (Lipinski definition) is 0. The van der Waals surface area contributed by atoms with E-state index >= 15 is 0 Å². The summed E-state index contributed by atoms with van der Waals surface area (Å²) in [4.78, 5) is 22.5. The zero-order chi connectivity index (χ0) is 17.4. The third-order valence-corrected chi connectivity index (χ3v) is 3.24. The molecule has 0 N–H and O–H groups in total. The van der Waals surface area contributed by atoms with Crippen LogP contribution in [0.15, 0.2) is 48.5 Å². The summed E-state index contributed by atoms with van der Waals surface area (Å²) in [6.45, 7) is 3.96. The number of carbonyl (C=O) groups excluding carboxylic acids is 2. The Kier molecular flexibility index (Phi) is 6.37. The molecular formula is C19H20O5. The Morgan fingerprint density at radius 2 is 1.62 bits per heavy atom. The van der Waals surface area contributed by atoms with E-state index in [9.17, 15) is 9.59 Å². The fourth-order valence-electron chi connectivity index (χ4n) is 2.17. The van der Waals surface area contributed by atoms with Gasteiger partial charge < -0.3 is 14.2 Å². The molecule has 0 aliphatic heterocycles. The van der Waals surface area contributed by atoms with E-state index in [-0.39, 0.29) is 25.2 Å². The summed E-state index contributed by atoms with van der Waals surface area (Å²) in [7, 11) is 0. The van der Waals surface area contributed by atoms with Crippen molar-refractivity contribution in [3.63, 3.8) is 0 Å². The van der Waals surface area contributed by atoms with Gasteiger partial charge in [0.1, 0.15) is 19.0 Å². The molecule has 126 valence electrons. The van der Waals surface area contributed by atoms with Crippen LogP contribution in [0.2, 0.25) is 0 Å². The van der Waals surface area contributed by atoms with Gasteiger partial charge >= 0.3 is 11.9 Å². The van der Waals surface area contributed by atoms with Crippen molar-refractivity contribution in [2.75, 3.05) is 19.8 Å². The van der Waals surface area contributed by atoms with Crippen molar-refractivity contribution in [1.29, 1.82) is 0 Å². The number of carbonyl (C=O) groups is 2. The molecule has 0 fully saturated rings. The van der Waals surface area contributed by atoms with E-state index in [1.807, 2.05) is 36.4 Å². The highest BCUT2D eigenvalue weighted by Crippen LogP contribution is 2.30. The van der Waals surface area contributed by atoms with Crippen LogP contribution in [0.4, 0.5) is 0 Å². The van der Waals surface area contributed by atoms with E-state index in [4.69, 9.17) is 14.2 Å². The third-order valence-electron chi connectivity index (χ3n) is 3.24. The molecule has 2 aromatic rings. The molecule has 0 amide bonds. The quantitative estimate of drug-likeness (QED) is 0.575. The number of rotatable bonds is 7. The third kappa shape index (κ3) is 4.84. The van der Waals surface area contributed by atoms with Crippen molar-refractivity contribution in [2.24, 2.45) is 0 Å². The molecule has 0 aromatic heterocycles. The van der Waals surface area contributed by atoms with Gasteiger partial charge in [-0.15, -0.1) is 0 Å². The topological polar surface area (TPSA) is 61.8 Å². The highest BCUT2D eigenvalue weighted by Gasteiger charge is 2.09. The lowest BCUT2D eigenvalue weighted by atomic mass is 10.0. The first kappa shape index (κ1) is 17.5. The van der Waals surface area contributed by atoms with E-state index in [2.05, 4.69) is 0 Å². The average Bonchev–Trinajstić information content (AvgIpc) is 2.59. The van der Waals surface area contributed by atoms with Gasteiger partial charge in [-0.05, 0) is 30.7 Å². The van der Waals surface area contributed by atoms with E-state index in [1.54, 1.807) is 19.1 Å². The van der Waals surface area contributed by atoms with Crippen molar-refractivity contribution in [3.8, 4) is 16.9 Å². The summed E-state index contributed by atoms with van der Waals surface area (Å²) in [6, 6.07) is 14.7. The predicted molar refractivity (Wildman–Crippen MR) is 90.0 cm³/mol. The fourth-order valence-corrected chi connectivity index (χ4v) is 2.17. The average molecular weight is 328 g/mol. The molecule has 0 unspecified atom stereocenters. The molecule has 24 heavy (non-hydrogen) atoms. The van der Waals surface area contributed by atoms with Crippen LogP contribution in [0.5, 0.6) is 5.75 Å². The van der Waals surface area contributed by atoms with Crippen molar-refractivity contribution in [1.82, 2.24) is 0 Å². The van der Waals surface area contributed by atoms with E-state index in [0.29, 0.717) is 17.9 Å². The molecule has 0 aliphatic rings. The SMILES string of the molecule is CCOC(=O)c1ccc(-c2ccccc2OCCOC(C)=O)cc1. The highest BCUT2D eigenvalue weighted by atomic mass is 16.6. The number of benzene rings is 2. The molecule has 0 heterocycles. The molecule has 5 heteroatoms. The maximum Gasteiger partial charge on any atom is 0.338 e. The van der Waals surface area contributed by atoms with Crippen molar-refractivity contribution in [3.05, 3.63) is 54.1 Å². The Labute approximate surface area is 141 Å². The van der Waals surface area contributed by atoms with Crippen LogP contribution in [0, 0.1) is 0 Å². The molecule has 0 aliphatic carbocycles. The van der Waals surface area contributed by atoms with Gasteiger partial charge in [0.2, 0.25) is 0 Å². The van der Waals surface area contributed by atoms with E-state index in [0.717, 1.165) is 11.1 Å². The molecular weight excluding hydrogens is 308 g/mol. The van der Waals surface area contributed by atoms with Crippen LogP contribution in [0.1, 0.15) is 24.2 Å². The van der Waals surface area contributed by atoms with E-state index in [1.165, 1.54) is 6.92 Å². The Balaban J connectivity index is 2.11. The maximum absolute atomic E-state index is 11.7. The maximum atomic E-state index is 11.7. The molecule has 0 saturated heterocycles. The second kappa shape index (κ2) is 8.72. The minimum atomic E-state index is -0.338. The van der Waals surface area contributed by atoms with Crippen LogP contribution >= 0.6 is 0 Å². The van der Waals surface area contributed by atoms with E-state index < -0.39 is 0 Å². The van der Waals surface area contributed by atoms with Gasteiger partial charge in [-0.2, -0.15) is 0 Å². The first-order chi connectivity index (χ1) is 11.6. The number of esters is 2. The van der Waals surface area contributed by atoms with Crippen LogP contribution in [-0.2, 0) is 14.3 Å². The normalized spacial score (nSPS) is 10.1. The number of hydrogen-bond acceptors (Lipinski definition) is 5. The molecule has 0 atom stereocenters. The standard InChI is InChI=1S/C19H20O5/c1-3-22-19(21)16-10-8-15(9-11-16)17-6-4-5-7-18(17)24-13-12-23-14(2)20/h4-11H,3,12-13H2,1-2H3. The summed E-state index contributed by atoms with van der Waals surface area (Å²) in [5.74, 6) is 0.0185. The van der Waals surface area contributed by atoms with Crippen molar-refractivity contribution in [2.45, 2.75) is 13.8 Å². The minimum Gasteiger partial charge on any atom is -0.489 e. The van der Waals surface area contributed by atoms with Crippen LogP contribution in [-0.4, -0.2) is 31.8 Å². The second-order valence-electron chi connectivity index (χ2n) is 4.98. The summed E-state index contributed by atoms with van der Waals surface area (Å²) in [5.41, 5.74) is 2.33. The lowest BCUT2D eigenvalue weighted by molar-refractivity contribution is -0.141. The Morgan fingerprint density at radius 3 is 2.29 bits per heavy atom. The molecule has 0 spiro atoms. The molecule has 2 rings (SSSR count). The molecule has 5 nitrogen and oxygen atoms in total. The summed E-state index contributed by atoms with van der Waals surface area (Å²) < 4.78 is 15.5. The Bertz CT molecular complexity index is 691. The first-order valence-electron chi connectivity index (χ1n) is 7.74. The van der Waals surface area contributed by atoms with Gasteiger partial charge in [0.25, 0.3) is 0 Å². The van der Waals surface area contributed by atoms with Crippen LogP contribution in [0.25, 0.3) is 11.1 Å². The number of ether oxygens (including phenoxy) is 3. The summed E-state index contributed by atoms with van der Waals surface area (Å²) in [5, 5.41) is 0. The summed E-state index contributed by atoms with van der Waals surface area (Å²) in [6.07, 6.45) is 0. The van der Waals surface area contributed by atoms with Crippen molar-refractivity contribution < 1.29 is 23.8 Å². The van der Waals surface area contributed by atoms with Gasteiger partial charge in [0, 0.05) is 12.5 Å². The lowest BCUT2D eigenvalue weighted by Crippen LogP contribution is -2.09. The fraction of sp³-hybridized carbons (Fsp3) is 0.263. The zero-order valence-electron chi connectivity index (χ0n) is 13.8. The van der Waals surface area contributed by atoms with Gasteiger partial charge in [0.15, 0.2) is 0 Å². The molecule has 0 saturated carbocycles. The largest absolute Gasteiger partial charge is 0.489 e. The van der Waals surface area contributed by atoms with Crippen LogP contribution in [0.3, 0.4) is 0 Å². The highest BCUT2D eigenvalue weighted by molar-refractivity contribution is 5.90. The van der Waals surface area contributed by atoms with Crippen LogP contribution < -0.4 is 4.74 Å². The van der Waals surface area contributed by atoms with Gasteiger partial charge in [-0.3, -0.25) is 4.79 Å².